The van der Waals surface area contributed by atoms with E-state index in [1.54, 1.807) is 0 Å². The Kier molecular flexibility index (Phi) is 2.94. The van der Waals surface area contributed by atoms with Gasteiger partial charge >= 0.3 is 0 Å². The molecule has 2 aromatic rings. The molecule has 0 heterocycles. The molecule has 0 nitrogen and oxygen atoms in total. The van der Waals surface area contributed by atoms with E-state index in [-0.39, 0.29) is 5.02 Å². The lowest BCUT2D eigenvalue weighted by Crippen LogP contribution is -1.83. The third kappa shape index (κ3) is 2.14. The van der Waals surface area contributed by atoms with Crippen LogP contribution in [0, 0.1) is 5.82 Å². The lowest BCUT2D eigenvalue weighted by molar-refractivity contribution is 0.629. The minimum Gasteiger partial charge on any atom is -0.205 e. The first kappa shape index (κ1) is 10.5. The summed E-state index contributed by atoms with van der Waals surface area (Å²) < 4.78 is 13.3. The Balaban J connectivity index is 2.59. The molecule has 0 radical (unpaired) electrons. The highest BCUT2D eigenvalue weighted by Crippen LogP contribution is 2.31. The van der Waals surface area contributed by atoms with Gasteiger partial charge in [0.2, 0.25) is 0 Å². The molecule has 0 atom stereocenters. The second-order valence-electron chi connectivity index (χ2n) is 3.11. The monoisotopic (exact) mass is 240 g/mol. The van der Waals surface area contributed by atoms with Crippen LogP contribution in [0.2, 0.25) is 10.0 Å². The van der Waals surface area contributed by atoms with E-state index >= 15 is 0 Å². The van der Waals surface area contributed by atoms with Crippen molar-refractivity contribution in [1.29, 1.82) is 0 Å². The molecule has 2 aromatic carbocycles. The summed E-state index contributed by atoms with van der Waals surface area (Å²) in [6.07, 6.45) is 0. The summed E-state index contributed by atoms with van der Waals surface area (Å²) in [6, 6.07) is 12.1. The SMILES string of the molecule is Fc1cc(-c2ccccc2)c(Cl)cc1Cl. The predicted octanol–water partition coefficient (Wildman–Crippen LogP) is 4.80. The molecule has 76 valence electrons. The van der Waals surface area contributed by atoms with Gasteiger partial charge in [-0.15, -0.1) is 0 Å². The molecule has 0 bridgehead atoms. The second-order valence-corrected chi connectivity index (χ2v) is 3.93. The largest absolute Gasteiger partial charge is 0.205 e. The summed E-state index contributed by atoms with van der Waals surface area (Å²) in [5.41, 5.74) is 1.53. The van der Waals surface area contributed by atoms with Crippen molar-refractivity contribution in [2.75, 3.05) is 0 Å². The van der Waals surface area contributed by atoms with E-state index in [9.17, 15) is 4.39 Å². The Bertz CT molecular complexity index is 480. The van der Waals surface area contributed by atoms with Crippen molar-refractivity contribution in [2.24, 2.45) is 0 Å². The van der Waals surface area contributed by atoms with Crippen LogP contribution in [0.25, 0.3) is 11.1 Å². The van der Waals surface area contributed by atoms with Crippen molar-refractivity contribution >= 4 is 23.2 Å². The normalized spacial score (nSPS) is 10.3. The maximum Gasteiger partial charge on any atom is 0.142 e. The number of hydrogen-bond donors (Lipinski definition) is 0. The van der Waals surface area contributed by atoms with Crippen LogP contribution in [-0.2, 0) is 0 Å². The van der Waals surface area contributed by atoms with Crippen LogP contribution in [0.1, 0.15) is 0 Å². The first-order valence-electron chi connectivity index (χ1n) is 4.38. The van der Waals surface area contributed by atoms with Gasteiger partial charge in [0, 0.05) is 5.56 Å². The Morgan fingerprint density at radius 2 is 1.53 bits per heavy atom. The number of rotatable bonds is 1. The van der Waals surface area contributed by atoms with Crippen molar-refractivity contribution in [1.82, 2.24) is 0 Å². The molecule has 0 aromatic heterocycles. The van der Waals surface area contributed by atoms with Gasteiger partial charge in [-0.25, -0.2) is 4.39 Å². The van der Waals surface area contributed by atoms with Crippen LogP contribution in [0.5, 0.6) is 0 Å². The van der Waals surface area contributed by atoms with Crippen molar-refractivity contribution in [3.8, 4) is 11.1 Å². The van der Waals surface area contributed by atoms with E-state index in [1.165, 1.54) is 12.1 Å². The van der Waals surface area contributed by atoms with E-state index in [2.05, 4.69) is 0 Å². The maximum atomic E-state index is 13.3. The van der Waals surface area contributed by atoms with Gasteiger partial charge in [-0.1, -0.05) is 53.5 Å². The summed E-state index contributed by atoms with van der Waals surface area (Å²) >= 11 is 11.6. The van der Waals surface area contributed by atoms with Crippen molar-refractivity contribution < 1.29 is 4.39 Å². The zero-order valence-corrected chi connectivity index (χ0v) is 9.19. The molecular weight excluding hydrogens is 234 g/mol. The van der Waals surface area contributed by atoms with Crippen LogP contribution in [0.3, 0.4) is 0 Å². The fourth-order valence-corrected chi connectivity index (χ4v) is 1.85. The van der Waals surface area contributed by atoms with Gasteiger partial charge in [0.05, 0.1) is 10.0 Å². The summed E-state index contributed by atoms with van der Waals surface area (Å²) in [4.78, 5) is 0. The number of benzene rings is 2. The molecule has 15 heavy (non-hydrogen) atoms. The molecule has 0 spiro atoms. The highest BCUT2D eigenvalue weighted by Gasteiger charge is 2.08. The highest BCUT2D eigenvalue weighted by molar-refractivity contribution is 6.36. The minimum absolute atomic E-state index is 0.0414. The molecular formula is C12H7Cl2F. The third-order valence-corrected chi connectivity index (χ3v) is 2.70. The quantitative estimate of drug-likeness (QED) is 0.629. The first-order chi connectivity index (χ1) is 7.18. The van der Waals surface area contributed by atoms with Gasteiger partial charge < -0.3 is 0 Å². The molecule has 0 saturated heterocycles. The molecule has 0 aliphatic rings. The third-order valence-electron chi connectivity index (χ3n) is 2.09. The Labute approximate surface area is 97.3 Å². The fourth-order valence-electron chi connectivity index (χ4n) is 1.36. The summed E-state index contributed by atoms with van der Waals surface area (Å²) in [7, 11) is 0. The van der Waals surface area contributed by atoms with E-state index in [4.69, 9.17) is 23.2 Å². The Hall–Kier alpha value is -1.05. The lowest BCUT2D eigenvalue weighted by atomic mass is 10.1. The standard InChI is InChI=1S/C12H7Cl2F/c13-10-7-11(14)12(15)6-9(10)8-4-2-1-3-5-8/h1-7H. The maximum absolute atomic E-state index is 13.3. The van der Waals surface area contributed by atoms with Crippen LogP contribution in [-0.4, -0.2) is 0 Å². The van der Waals surface area contributed by atoms with Gasteiger partial charge in [-0.05, 0) is 17.7 Å². The summed E-state index contributed by atoms with van der Waals surface area (Å²) in [5, 5.41) is 0.493. The highest BCUT2D eigenvalue weighted by atomic mass is 35.5. The van der Waals surface area contributed by atoms with Gasteiger partial charge in [0.15, 0.2) is 0 Å². The van der Waals surface area contributed by atoms with E-state index in [1.807, 2.05) is 30.3 Å². The average molecular weight is 241 g/mol. The molecule has 0 N–H and O–H groups in total. The number of hydrogen-bond acceptors (Lipinski definition) is 0. The zero-order chi connectivity index (χ0) is 10.8. The molecule has 0 aliphatic heterocycles. The fraction of sp³-hybridized carbons (Fsp3) is 0. The molecule has 3 heteroatoms. The zero-order valence-electron chi connectivity index (χ0n) is 7.68. The topological polar surface area (TPSA) is 0 Å². The average Bonchev–Trinajstić information content (AvgIpc) is 2.25. The van der Waals surface area contributed by atoms with Crippen molar-refractivity contribution in [3.63, 3.8) is 0 Å². The number of halogens is 3. The lowest BCUT2D eigenvalue weighted by Gasteiger charge is -2.05. The molecule has 2 rings (SSSR count). The van der Waals surface area contributed by atoms with Crippen LogP contribution < -0.4 is 0 Å². The minimum atomic E-state index is -0.458. The van der Waals surface area contributed by atoms with E-state index < -0.39 is 5.82 Å². The van der Waals surface area contributed by atoms with E-state index in [0.717, 1.165) is 5.56 Å². The molecule has 0 saturated carbocycles. The van der Waals surface area contributed by atoms with Gasteiger partial charge in [-0.2, -0.15) is 0 Å². The molecule has 0 amide bonds. The predicted molar refractivity (Wildman–Crippen MR) is 61.9 cm³/mol. The van der Waals surface area contributed by atoms with Gasteiger partial charge in [0.1, 0.15) is 5.82 Å². The van der Waals surface area contributed by atoms with E-state index in [0.29, 0.717) is 10.6 Å². The van der Waals surface area contributed by atoms with Crippen molar-refractivity contribution in [3.05, 3.63) is 58.3 Å². The van der Waals surface area contributed by atoms with Crippen molar-refractivity contribution in [2.45, 2.75) is 0 Å². The van der Waals surface area contributed by atoms with Crippen LogP contribution in [0.15, 0.2) is 42.5 Å². The first-order valence-corrected chi connectivity index (χ1v) is 5.14. The molecule has 0 unspecified atom stereocenters. The second kappa shape index (κ2) is 4.21. The Morgan fingerprint density at radius 3 is 2.20 bits per heavy atom. The van der Waals surface area contributed by atoms with Crippen LogP contribution in [0.4, 0.5) is 4.39 Å². The summed E-state index contributed by atoms with van der Waals surface area (Å²) in [5.74, 6) is -0.458. The molecule has 0 fully saturated rings. The van der Waals surface area contributed by atoms with Gasteiger partial charge in [-0.3, -0.25) is 0 Å². The molecule has 0 aliphatic carbocycles. The van der Waals surface area contributed by atoms with Crippen LogP contribution >= 0.6 is 23.2 Å². The smallest absolute Gasteiger partial charge is 0.142 e. The summed E-state index contributed by atoms with van der Waals surface area (Å²) in [6.45, 7) is 0. The Morgan fingerprint density at radius 1 is 0.867 bits per heavy atom. The van der Waals surface area contributed by atoms with Gasteiger partial charge in [0.25, 0.3) is 0 Å².